The quantitative estimate of drug-likeness (QED) is 0.123. The highest BCUT2D eigenvalue weighted by atomic mass is 28.4. The molecule has 0 aliphatic heterocycles. The molecule has 2 aliphatic carbocycles. The van der Waals surface area contributed by atoms with Gasteiger partial charge in [0.15, 0.2) is 8.32 Å². The van der Waals surface area contributed by atoms with E-state index in [1.807, 2.05) is 32.1 Å². The predicted molar refractivity (Wildman–Crippen MR) is 160 cm³/mol. The van der Waals surface area contributed by atoms with Crippen LogP contribution in [0, 0.1) is 17.8 Å². The largest absolute Gasteiger partial charge is 0.463 e. The first-order valence-electron chi connectivity index (χ1n) is 14.9. The Balaban J connectivity index is 1.67. The lowest BCUT2D eigenvalue weighted by molar-refractivity contribution is -0.147. The second-order valence-electron chi connectivity index (χ2n) is 13.4. The maximum absolute atomic E-state index is 15.2. The van der Waals surface area contributed by atoms with Crippen molar-refractivity contribution in [2.45, 2.75) is 122 Å². The molecule has 2 aliphatic rings. The van der Waals surface area contributed by atoms with Crippen LogP contribution in [0.2, 0.25) is 18.1 Å². The Labute approximate surface area is 237 Å². The SMILES string of the molecule is CC(C)OC(=O)CCC/C=C\C[C@@H]1[C@@H](/C=C/[C@@H](O[Si](C)(C)C(C)(C)C)C2Cc3ccccc3C2)[C@@H](F)C[C@@H]1O. The highest BCUT2D eigenvalue weighted by Crippen LogP contribution is 2.42. The van der Waals surface area contributed by atoms with E-state index in [0.717, 1.165) is 25.7 Å². The number of carbonyl (C=O) groups excluding carboxylic acids is 1. The lowest BCUT2D eigenvalue weighted by Crippen LogP contribution is -2.45. The first-order chi connectivity index (χ1) is 18.3. The number of alkyl halides is 1. The molecule has 39 heavy (non-hydrogen) atoms. The van der Waals surface area contributed by atoms with E-state index >= 15 is 4.39 Å². The molecular formula is C33H51FO4Si. The number of rotatable bonds is 12. The third-order valence-corrected chi connectivity index (χ3v) is 13.3. The minimum absolute atomic E-state index is 0.0787. The van der Waals surface area contributed by atoms with E-state index in [1.165, 1.54) is 11.1 Å². The molecule has 0 radical (unpaired) electrons. The van der Waals surface area contributed by atoms with E-state index in [1.54, 1.807) is 0 Å². The van der Waals surface area contributed by atoms with Gasteiger partial charge in [-0.3, -0.25) is 4.79 Å². The summed E-state index contributed by atoms with van der Waals surface area (Å²) in [5, 5.41) is 10.8. The Morgan fingerprint density at radius 1 is 1.15 bits per heavy atom. The molecule has 5 atom stereocenters. The number of fused-ring (bicyclic) bond motifs is 1. The summed E-state index contributed by atoms with van der Waals surface area (Å²) in [6.07, 6.45) is 11.0. The van der Waals surface area contributed by atoms with Gasteiger partial charge in [-0.2, -0.15) is 0 Å². The van der Waals surface area contributed by atoms with Crippen molar-refractivity contribution in [3.8, 4) is 0 Å². The van der Waals surface area contributed by atoms with Crippen molar-refractivity contribution >= 4 is 14.3 Å². The minimum atomic E-state index is -2.05. The first-order valence-corrected chi connectivity index (χ1v) is 17.8. The molecule has 4 nitrogen and oxygen atoms in total. The molecule has 0 spiro atoms. The van der Waals surface area contributed by atoms with E-state index in [4.69, 9.17) is 9.16 Å². The Hall–Kier alpha value is -1.76. The fraction of sp³-hybridized carbons (Fsp3) is 0.667. The first kappa shape index (κ1) is 31.8. The third-order valence-electron chi connectivity index (χ3n) is 8.87. The Kier molecular flexibility index (Phi) is 11.2. The zero-order valence-corrected chi connectivity index (χ0v) is 26.2. The van der Waals surface area contributed by atoms with Gasteiger partial charge in [0.1, 0.15) is 6.17 Å². The summed E-state index contributed by atoms with van der Waals surface area (Å²) in [6, 6.07) is 8.62. The van der Waals surface area contributed by atoms with Gasteiger partial charge in [0.05, 0.1) is 18.3 Å². The lowest BCUT2D eigenvalue weighted by atomic mass is 9.89. The van der Waals surface area contributed by atoms with Crippen LogP contribution in [0.15, 0.2) is 48.6 Å². The Morgan fingerprint density at radius 2 is 1.79 bits per heavy atom. The molecule has 1 aromatic rings. The number of unbranched alkanes of at least 4 members (excludes halogenated alkanes) is 1. The highest BCUT2D eigenvalue weighted by Gasteiger charge is 2.43. The zero-order chi connectivity index (χ0) is 28.8. The van der Waals surface area contributed by atoms with Crippen molar-refractivity contribution < 1.29 is 23.5 Å². The van der Waals surface area contributed by atoms with Crippen molar-refractivity contribution in [3.63, 3.8) is 0 Å². The van der Waals surface area contributed by atoms with Gasteiger partial charge in [-0.1, -0.05) is 69.3 Å². The normalized spacial score (nSPS) is 25.2. The molecule has 0 unspecified atom stereocenters. The Morgan fingerprint density at radius 3 is 2.38 bits per heavy atom. The molecule has 0 bridgehead atoms. The van der Waals surface area contributed by atoms with Gasteiger partial charge in [-0.05, 0) is 87.0 Å². The van der Waals surface area contributed by atoms with Crippen molar-refractivity contribution in [1.29, 1.82) is 0 Å². The molecule has 0 saturated heterocycles. The van der Waals surface area contributed by atoms with Crippen molar-refractivity contribution in [2.24, 2.45) is 17.8 Å². The zero-order valence-electron chi connectivity index (χ0n) is 25.2. The standard InChI is InChI=1S/C33H51FO4Si/c1-23(2)37-32(36)17-11-9-8-10-16-28-27(29(34)22-30(28)35)18-19-31(38-39(6,7)33(3,4)5)26-20-24-14-12-13-15-25(24)21-26/h8,10,12-15,18-19,23,26-31,35H,9,11,16-17,20-22H2,1-7H3/b10-8-,19-18+/t27-,28-,29+,30+,31-/m1/s1. The average molecular weight is 559 g/mol. The van der Waals surface area contributed by atoms with E-state index in [-0.39, 0.29) is 41.5 Å². The van der Waals surface area contributed by atoms with Crippen LogP contribution < -0.4 is 0 Å². The molecule has 6 heteroatoms. The number of esters is 1. The summed E-state index contributed by atoms with van der Waals surface area (Å²) in [7, 11) is -2.05. The van der Waals surface area contributed by atoms with Gasteiger partial charge in [0.2, 0.25) is 0 Å². The van der Waals surface area contributed by atoms with Crippen molar-refractivity contribution in [2.75, 3.05) is 0 Å². The molecule has 0 amide bonds. The number of hydrogen-bond donors (Lipinski definition) is 1. The molecule has 218 valence electrons. The number of benzene rings is 1. The second-order valence-corrected chi connectivity index (χ2v) is 18.1. The van der Waals surface area contributed by atoms with Gasteiger partial charge in [-0.15, -0.1) is 0 Å². The van der Waals surface area contributed by atoms with Crippen molar-refractivity contribution in [1.82, 2.24) is 0 Å². The van der Waals surface area contributed by atoms with E-state index in [2.05, 4.69) is 64.2 Å². The van der Waals surface area contributed by atoms with E-state index in [0.29, 0.717) is 18.8 Å². The average Bonchev–Trinajstić information content (AvgIpc) is 3.37. The monoisotopic (exact) mass is 558 g/mol. The topological polar surface area (TPSA) is 55.8 Å². The maximum Gasteiger partial charge on any atom is 0.306 e. The lowest BCUT2D eigenvalue weighted by Gasteiger charge is -2.40. The third kappa shape index (κ3) is 8.86. The molecule has 1 N–H and O–H groups in total. The smallest absolute Gasteiger partial charge is 0.306 e. The molecule has 1 fully saturated rings. The van der Waals surface area contributed by atoms with Crippen LogP contribution in [0.25, 0.3) is 0 Å². The highest BCUT2D eigenvalue weighted by molar-refractivity contribution is 6.74. The number of carbonyl (C=O) groups is 1. The number of aliphatic hydroxyl groups is 1. The number of ether oxygens (including phenoxy) is 1. The Bertz CT molecular complexity index is 971. The van der Waals surface area contributed by atoms with Gasteiger partial charge in [0.25, 0.3) is 0 Å². The summed E-state index contributed by atoms with van der Waals surface area (Å²) in [5.74, 6) is -0.333. The number of halogens is 1. The van der Waals surface area contributed by atoms with Gasteiger partial charge in [0, 0.05) is 18.8 Å². The summed E-state index contributed by atoms with van der Waals surface area (Å²) in [5.41, 5.74) is 2.78. The molecule has 0 aromatic heterocycles. The van der Waals surface area contributed by atoms with Crippen LogP contribution in [-0.4, -0.2) is 43.9 Å². The van der Waals surface area contributed by atoms with Crippen LogP contribution in [0.5, 0.6) is 0 Å². The molecular weight excluding hydrogens is 507 g/mol. The summed E-state index contributed by atoms with van der Waals surface area (Å²) >= 11 is 0. The van der Waals surface area contributed by atoms with Crippen molar-refractivity contribution in [3.05, 3.63) is 59.7 Å². The number of allylic oxidation sites excluding steroid dienone is 3. The van der Waals surface area contributed by atoms with Crippen LogP contribution in [0.4, 0.5) is 4.39 Å². The van der Waals surface area contributed by atoms with Gasteiger partial charge in [-0.25, -0.2) is 4.39 Å². The maximum atomic E-state index is 15.2. The fourth-order valence-electron chi connectivity index (χ4n) is 5.59. The van der Waals surface area contributed by atoms with E-state index < -0.39 is 20.6 Å². The van der Waals surface area contributed by atoms with Crippen LogP contribution in [0.3, 0.4) is 0 Å². The predicted octanol–water partition coefficient (Wildman–Crippen LogP) is 7.75. The minimum Gasteiger partial charge on any atom is -0.463 e. The van der Waals surface area contributed by atoms with Crippen LogP contribution >= 0.6 is 0 Å². The van der Waals surface area contributed by atoms with E-state index in [9.17, 15) is 9.90 Å². The van der Waals surface area contributed by atoms with Crippen LogP contribution in [-0.2, 0) is 26.8 Å². The van der Waals surface area contributed by atoms with Crippen LogP contribution in [0.1, 0.15) is 77.8 Å². The number of aliphatic hydroxyl groups excluding tert-OH is 1. The molecule has 3 rings (SSSR count). The molecule has 1 saturated carbocycles. The van der Waals surface area contributed by atoms with Gasteiger partial charge < -0.3 is 14.3 Å². The molecule has 0 heterocycles. The number of hydrogen-bond acceptors (Lipinski definition) is 4. The summed E-state index contributed by atoms with van der Waals surface area (Å²) in [4.78, 5) is 11.7. The summed E-state index contributed by atoms with van der Waals surface area (Å²) < 4.78 is 27.3. The fourth-order valence-corrected chi connectivity index (χ4v) is 6.90. The molecule has 1 aromatic carbocycles. The van der Waals surface area contributed by atoms with Gasteiger partial charge >= 0.3 is 5.97 Å². The summed E-state index contributed by atoms with van der Waals surface area (Å²) in [6.45, 7) is 15.0. The second kappa shape index (κ2) is 13.7.